The van der Waals surface area contributed by atoms with Gasteiger partial charge in [0.2, 0.25) is 0 Å². The maximum atomic E-state index is 12.4. The first-order chi connectivity index (χ1) is 9.15. The number of rotatable bonds is 2. The van der Waals surface area contributed by atoms with Crippen molar-refractivity contribution < 1.29 is 14.7 Å². The standard InChI is InChI=1S/C14H17NO3S/c16-13(11-5-6-12(19-11)14(17)18)15-7-9-3-1-2-4-10(9)8-15/h5-6,9-10H,1-4,7-8H2,(H,17,18). The highest BCUT2D eigenvalue weighted by molar-refractivity contribution is 7.15. The first-order valence-corrected chi connectivity index (χ1v) is 7.59. The number of likely N-dealkylation sites (tertiary alicyclic amines) is 1. The molecule has 2 aliphatic rings. The Balaban J connectivity index is 1.71. The minimum absolute atomic E-state index is 0.00639. The summed E-state index contributed by atoms with van der Waals surface area (Å²) in [5, 5.41) is 8.90. The van der Waals surface area contributed by atoms with Crippen molar-refractivity contribution >= 4 is 23.2 Å². The topological polar surface area (TPSA) is 57.6 Å². The lowest BCUT2D eigenvalue weighted by Gasteiger charge is -2.22. The van der Waals surface area contributed by atoms with Crippen molar-refractivity contribution in [2.45, 2.75) is 25.7 Å². The second kappa shape index (κ2) is 4.96. The molecule has 1 saturated carbocycles. The van der Waals surface area contributed by atoms with E-state index in [1.54, 1.807) is 6.07 Å². The van der Waals surface area contributed by atoms with Gasteiger partial charge in [0.15, 0.2) is 0 Å². The molecule has 1 aromatic rings. The van der Waals surface area contributed by atoms with Crippen molar-refractivity contribution in [3.05, 3.63) is 21.9 Å². The molecule has 0 aromatic carbocycles. The van der Waals surface area contributed by atoms with E-state index in [1.807, 2.05) is 4.90 Å². The first-order valence-electron chi connectivity index (χ1n) is 6.77. The molecule has 19 heavy (non-hydrogen) atoms. The van der Waals surface area contributed by atoms with Gasteiger partial charge >= 0.3 is 5.97 Å². The highest BCUT2D eigenvalue weighted by Crippen LogP contribution is 2.36. The average molecular weight is 279 g/mol. The molecule has 5 heteroatoms. The average Bonchev–Trinajstić information content (AvgIpc) is 3.04. The van der Waals surface area contributed by atoms with Crippen LogP contribution in [0, 0.1) is 11.8 Å². The largest absolute Gasteiger partial charge is 0.477 e. The lowest BCUT2D eigenvalue weighted by Crippen LogP contribution is -2.28. The molecular weight excluding hydrogens is 262 g/mol. The van der Waals surface area contributed by atoms with Crippen LogP contribution in [0.15, 0.2) is 12.1 Å². The number of hydrogen-bond donors (Lipinski definition) is 1. The number of thiophene rings is 1. The van der Waals surface area contributed by atoms with E-state index in [0.29, 0.717) is 16.7 Å². The molecule has 2 atom stereocenters. The van der Waals surface area contributed by atoms with Crippen LogP contribution in [-0.4, -0.2) is 35.0 Å². The smallest absolute Gasteiger partial charge is 0.345 e. The Kier molecular flexibility index (Phi) is 3.31. The lowest BCUT2D eigenvalue weighted by molar-refractivity contribution is 0.0701. The van der Waals surface area contributed by atoms with Crippen LogP contribution < -0.4 is 0 Å². The van der Waals surface area contributed by atoms with Gasteiger partial charge in [0, 0.05) is 13.1 Å². The van der Waals surface area contributed by atoms with Crippen molar-refractivity contribution in [2.75, 3.05) is 13.1 Å². The zero-order valence-corrected chi connectivity index (χ0v) is 11.5. The normalized spacial score (nSPS) is 26.2. The summed E-state index contributed by atoms with van der Waals surface area (Å²) >= 11 is 1.08. The van der Waals surface area contributed by atoms with Gasteiger partial charge in [0.05, 0.1) is 4.88 Å². The van der Waals surface area contributed by atoms with Gasteiger partial charge in [0.1, 0.15) is 4.88 Å². The Bertz CT molecular complexity index is 497. The number of fused-ring (bicyclic) bond motifs is 1. The predicted octanol–water partition coefficient (Wildman–Crippen LogP) is 2.71. The number of amides is 1. The van der Waals surface area contributed by atoms with Crippen molar-refractivity contribution in [1.29, 1.82) is 0 Å². The van der Waals surface area contributed by atoms with Crippen LogP contribution in [-0.2, 0) is 0 Å². The Morgan fingerprint density at radius 2 is 1.68 bits per heavy atom. The number of carboxylic acids is 1. The highest BCUT2D eigenvalue weighted by atomic mass is 32.1. The molecule has 2 heterocycles. The van der Waals surface area contributed by atoms with Crippen molar-refractivity contribution in [3.8, 4) is 0 Å². The summed E-state index contributed by atoms with van der Waals surface area (Å²) in [4.78, 5) is 25.9. The van der Waals surface area contributed by atoms with Crippen molar-refractivity contribution in [3.63, 3.8) is 0 Å². The molecule has 2 unspecified atom stereocenters. The Morgan fingerprint density at radius 1 is 1.11 bits per heavy atom. The van der Waals surface area contributed by atoms with Crippen LogP contribution in [0.25, 0.3) is 0 Å². The van der Waals surface area contributed by atoms with Gasteiger partial charge in [-0.1, -0.05) is 12.8 Å². The number of aromatic carboxylic acids is 1. The molecule has 1 aromatic heterocycles. The van der Waals surface area contributed by atoms with Gasteiger partial charge in [-0.2, -0.15) is 0 Å². The molecule has 1 aliphatic heterocycles. The van der Waals surface area contributed by atoms with E-state index in [4.69, 9.17) is 5.11 Å². The van der Waals surface area contributed by atoms with E-state index in [1.165, 1.54) is 31.7 Å². The summed E-state index contributed by atoms with van der Waals surface area (Å²) < 4.78 is 0. The maximum absolute atomic E-state index is 12.4. The number of carbonyl (C=O) groups is 2. The second-order valence-electron chi connectivity index (χ2n) is 5.48. The van der Waals surface area contributed by atoms with Gasteiger partial charge in [0.25, 0.3) is 5.91 Å². The van der Waals surface area contributed by atoms with Gasteiger partial charge in [-0.25, -0.2) is 4.79 Å². The molecular formula is C14H17NO3S. The summed E-state index contributed by atoms with van der Waals surface area (Å²) in [5.41, 5.74) is 0. The van der Waals surface area contributed by atoms with Crippen LogP contribution in [0.4, 0.5) is 0 Å². The molecule has 102 valence electrons. The number of nitrogens with zero attached hydrogens (tertiary/aromatic N) is 1. The SMILES string of the molecule is O=C(O)c1ccc(C(=O)N2CC3CCCCC3C2)s1. The fourth-order valence-electron chi connectivity index (χ4n) is 3.30. The molecule has 0 radical (unpaired) electrons. The van der Waals surface area contributed by atoms with Crippen LogP contribution in [0.5, 0.6) is 0 Å². The molecule has 3 rings (SSSR count). The van der Waals surface area contributed by atoms with E-state index in [2.05, 4.69) is 0 Å². The molecule has 1 amide bonds. The zero-order chi connectivity index (χ0) is 13.4. The van der Waals surface area contributed by atoms with Gasteiger partial charge < -0.3 is 10.0 Å². The summed E-state index contributed by atoms with van der Waals surface area (Å²) in [5.74, 6) is 0.374. The minimum atomic E-state index is -0.959. The van der Waals surface area contributed by atoms with Gasteiger partial charge in [-0.15, -0.1) is 11.3 Å². The Morgan fingerprint density at radius 3 is 2.21 bits per heavy atom. The van der Waals surface area contributed by atoms with E-state index in [9.17, 15) is 9.59 Å². The molecule has 0 bridgehead atoms. The Hall–Kier alpha value is -1.36. The fraction of sp³-hybridized carbons (Fsp3) is 0.571. The Labute approximate surface area is 116 Å². The summed E-state index contributed by atoms with van der Waals surface area (Å²) in [7, 11) is 0. The summed E-state index contributed by atoms with van der Waals surface area (Å²) in [6.45, 7) is 1.70. The maximum Gasteiger partial charge on any atom is 0.345 e. The van der Waals surface area contributed by atoms with Crippen molar-refractivity contribution in [1.82, 2.24) is 4.90 Å². The van der Waals surface area contributed by atoms with Crippen LogP contribution in [0.1, 0.15) is 45.0 Å². The van der Waals surface area contributed by atoms with Crippen LogP contribution in [0.3, 0.4) is 0 Å². The molecule has 2 fully saturated rings. The van der Waals surface area contributed by atoms with E-state index in [0.717, 1.165) is 24.4 Å². The third-order valence-corrected chi connectivity index (χ3v) is 5.35. The molecule has 4 nitrogen and oxygen atoms in total. The van der Waals surface area contributed by atoms with E-state index >= 15 is 0 Å². The van der Waals surface area contributed by atoms with Crippen LogP contribution >= 0.6 is 11.3 Å². The molecule has 1 aliphatic carbocycles. The molecule has 1 N–H and O–H groups in total. The van der Waals surface area contributed by atoms with E-state index < -0.39 is 5.97 Å². The quantitative estimate of drug-likeness (QED) is 0.905. The summed E-state index contributed by atoms with van der Waals surface area (Å²) in [6, 6.07) is 3.15. The third kappa shape index (κ3) is 2.39. The molecule has 0 spiro atoms. The monoisotopic (exact) mass is 279 g/mol. The second-order valence-corrected chi connectivity index (χ2v) is 6.57. The third-order valence-electron chi connectivity index (χ3n) is 4.29. The van der Waals surface area contributed by atoms with Gasteiger partial charge in [-0.3, -0.25) is 4.79 Å². The first kappa shape index (κ1) is 12.7. The van der Waals surface area contributed by atoms with Crippen molar-refractivity contribution in [2.24, 2.45) is 11.8 Å². The predicted molar refractivity (Wildman–Crippen MR) is 72.6 cm³/mol. The number of carboxylic acid groups (broad SMARTS) is 1. The van der Waals surface area contributed by atoms with Gasteiger partial charge in [-0.05, 0) is 36.8 Å². The summed E-state index contributed by atoms with van der Waals surface area (Å²) in [6.07, 6.45) is 5.04. The number of carbonyl (C=O) groups excluding carboxylic acids is 1. The number of hydrogen-bond acceptors (Lipinski definition) is 3. The molecule has 1 saturated heterocycles. The van der Waals surface area contributed by atoms with E-state index in [-0.39, 0.29) is 10.8 Å². The highest BCUT2D eigenvalue weighted by Gasteiger charge is 2.37. The zero-order valence-electron chi connectivity index (χ0n) is 10.7. The minimum Gasteiger partial charge on any atom is -0.477 e. The fourth-order valence-corrected chi connectivity index (χ4v) is 4.11. The lowest BCUT2D eigenvalue weighted by atomic mass is 9.82. The van der Waals surface area contributed by atoms with Crippen LogP contribution in [0.2, 0.25) is 0 Å².